The van der Waals surface area contributed by atoms with Crippen molar-refractivity contribution < 1.29 is 31.9 Å². The highest BCUT2D eigenvalue weighted by molar-refractivity contribution is 5.92. The Labute approximate surface area is 224 Å². The summed E-state index contributed by atoms with van der Waals surface area (Å²) in [5, 5.41) is 21.1. The molecule has 0 fully saturated rings. The Morgan fingerprint density at radius 1 is 0.875 bits per heavy atom. The normalized spacial score (nSPS) is 11.7. The fourth-order valence-corrected chi connectivity index (χ4v) is 3.95. The number of hydrogen-bond acceptors (Lipinski definition) is 8. The number of halogens is 3. The van der Waals surface area contributed by atoms with Gasteiger partial charge >= 0.3 is 6.36 Å². The molecule has 1 aromatic carbocycles. The maximum Gasteiger partial charge on any atom is 0.573 e. The summed E-state index contributed by atoms with van der Waals surface area (Å²) in [4.78, 5) is 24.7. The average molecular weight is 557 g/mol. The summed E-state index contributed by atoms with van der Waals surface area (Å²) in [5.74, 6) is -1.22. The minimum absolute atomic E-state index is 0.0126. The average Bonchev–Trinajstić information content (AvgIpc) is 3.73. The highest BCUT2D eigenvalue weighted by Crippen LogP contribution is 2.23. The second kappa shape index (κ2) is 11.4. The van der Waals surface area contributed by atoms with Crippen LogP contribution in [-0.4, -0.2) is 48.2 Å². The van der Waals surface area contributed by atoms with E-state index in [1.807, 2.05) is 18.2 Å². The number of amides is 2. The van der Waals surface area contributed by atoms with Crippen LogP contribution in [0.2, 0.25) is 0 Å². The molecule has 0 aliphatic heterocycles. The monoisotopic (exact) mass is 556 g/mol. The van der Waals surface area contributed by atoms with Crippen molar-refractivity contribution in [3.05, 3.63) is 77.4 Å². The number of alkyl halides is 3. The lowest BCUT2D eigenvalue weighted by Gasteiger charge is -2.10. The van der Waals surface area contributed by atoms with Crippen molar-refractivity contribution in [1.82, 2.24) is 40.6 Å². The molecule has 2 bridgehead atoms. The molecule has 0 saturated carbocycles. The van der Waals surface area contributed by atoms with Gasteiger partial charge in [0.25, 0.3) is 11.8 Å². The van der Waals surface area contributed by atoms with E-state index in [-0.39, 0.29) is 29.6 Å². The van der Waals surface area contributed by atoms with Gasteiger partial charge in [-0.15, -0.1) is 23.4 Å². The lowest BCUT2D eigenvalue weighted by molar-refractivity contribution is -0.274. The Hall–Kier alpha value is -4.95. The quantitative estimate of drug-likeness (QED) is 0.223. The molecule has 0 aliphatic carbocycles. The van der Waals surface area contributed by atoms with Crippen molar-refractivity contribution in [2.45, 2.75) is 45.4 Å². The van der Waals surface area contributed by atoms with Gasteiger partial charge in [0.1, 0.15) is 16.9 Å². The van der Waals surface area contributed by atoms with Crippen LogP contribution in [0.4, 0.5) is 13.2 Å². The second-order valence-electron chi connectivity index (χ2n) is 8.87. The summed E-state index contributed by atoms with van der Waals surface area (Å²) in [6.07, 6.45) is -0.340. The van der Waals surface area contributed by atoms with Crippen LogP contribution >= 0.6 is 0 Å². The molecule has 208 valence electrons. The number of unbranched alkanes of at least 4 members (excludes halogenated alkanes) is 1. The van der Waals surface area contributed by atoms with Gasteiger partial charge in [0, 0.05) is 31.7 Å². The van der Waals surface area contributed by atoms with Crippen LogP contribution in [0.15, 0.2) is 59.3 Å². The fourth-order valence-electron chi connectivity index (χ4n) is 3.95. The molecule has 0 saturated heterocycles. The Morgan fingerprint density at radius 3 is 2.10 bits per heavy atom. The number of furan rings is 2. The number of benzene rings is 2. The molecule has 2 amide bonds. The Morgan fingerprint density at radius 2 is 1.52 bits per heavy atom. The summed E-state index contributed by atoms with van der Waals surface area (Å²) < 4.78 is 49.6. The van der Waals surface area contributed by atoms with Crippen LogP contribution in [0.3, 0.4) is 0 Å². The molecule has 0 radical (unpaired) electrons. The third-order valence-electron chi connectivity index (χ3n) is 5.85. The number of carbonyl (C=O) groups excluding carboxylic acids is 2. The van der Waals surface area contributed by atoms with E-state index in [9.17, 15) is 22.8 Å². The SMILES string of the molecule is O=C(NCc1cccc(OC(F)(F)F)c1)c1cn(CCCCn2cc(C(=O)NCc3cc4ccc3o4)nn2)nn1. The molecular formula is C25H23F3N8O4. The van der Waals surface area contributed by atoms with E-state index in [0.29, 0.717) is 38.0 Å². The number of aromatic nitrogens is 6. The lowest BCUT2D eigenvalue weighted by atomic mass is 10.2. The zero-order valence-corrected chi connectivity index (χ0v) is 20.9. The summed E-state index contributed by atoms with van der Waals surface area (Å²) in [5.41, 5.74) is 3.12. The standard InChI is InChI=1S/C25H23F3N8O4/c26-25(27,28)40-19-5-3-4-16(10-19)12-29-23(37)20-14-35(33-31-20)8-1-2-9-36-15-21(32-34-36)24(38)30-13-17-11-18-6-7-22(17)39-18/h3-7,10-11,14-15H,1-2,8-9,12-13H2,(H,29,37)(H,30,38). The fraction of sp³-hybridized carbons (Fsp3) is 0.280. The number of aryl methyl sites for hydroxylation is 2. The topological polar surface area (TPSA) is 142 Å². The molecule has 5 aromatic rings. The van der Waals surface area contributed by atoms with E-state index in [1.54, 1.807) is 16.9 Å². The molecule has 5 rings (SSSR count). The molecule has 15 heteroatoms. The van der Waals surface area contributed by atoms with Crippen LogP contribution < -0.4 is 15.4 Å². The van der Waals surface area contributed by atoms with Crippen LogP contribution in [0.5, 0.6) is 5.75 Å². The van der Waals surface area contributed by atoms with Crippen LogP contribution in [-0.2, 0) is 26.2 Å². The van der Waals surface area contributed by atoms with Gasteiger partial charge in [-0.25, -0.2) is 0 Å². The Bertz CT molecular complexity index is 1590. The van der Waals surface area contributed by atoms with Gasteiger partial charge in [0.05, 0.1) is 12.4 Å². The van der Waals surface area contributed by atoms with E-state index in [2.05, 4.69) is 36.0 Å². The van der Waals surface area contributed by atoms with Crippen molar-refractivity contribution in [2.75, 3.05) is 0 Å². The van der Waals surface area contributed by atoms with Crippen molar-refractivity contribution in [1.29, 1.82) is 0 Å². The predicted molar refractivity (Wildman–Crippen MR) is 132 cm³/mol. The van der Waals surface area contributed by atoms with Gasteiger partial charge in [-0.1, -0.05) is 22.6 Å². The number of carbonyl (C=O) groups is 2. The second-order valence-corrected chi connectivity index (χ2v) is 8.87. The van der Waals surface area contributed by atoms with Crippen LogP contribution in [0.25, 0.3) is 11.2 Å². The first kappa shape index (κ1) is 26.6. The number of hydrogen-bond donors (Lipinski definition) is 2. The molecule has 0 unspecified atom stereocenters. The lowest BCUT2D eigenvalue weighted by Crippen LogP contribution is -2.23. The van der Waals surface area contributed by atoms with Crippen molar-refractivity contribution >= 4 is 23.0 Å². The molecule has 0 spiro atoms. The molecular weight excluding hydrogens is 533 g/mol. The molecule has 2 N–H and O–H groups in total. The maximum absolute atomic E-state index is 12.4. The third-order valence-corrected chi connectivity index (χ3v) is 5.85. The Kier molecular flexibility index (Phi) is 7.61. The van der Waals surface area contributed by atoms with Gasteiger partial charge in [-0.05, 0) is 48.7 Å². The zero-order chi connectivity index (χ0) is 28.1. The van der Waals surface area contributed by atoms with E-state index < -0.39 is 12.3 Å². The minimum atomic E-state index is -4.80. The van der Waals surface area contributed by atoms with Gasteiger partial charge < -0.3 is 19.8 Å². The number of ether oxygens (including phenoxy) is 1. The third kappa shape index (κ3) is 6.92. The first-order valence-corrected chi connectivity index (χ1v) is 12.2. The molecule has 0 aliphatic rings. The zero-order valence-electron chi connectivity index (χ0n) is 20.9. The summed E-state index contributed by atoms with van der Waals surface area (Å²) >= 11 is 0. The maximum atomic E-state index is 12.4. The molecule has 0 atom stereocenters. The van der Waals surface area contributed by atoms with E-state index >= 15 is 0 Å². The van der Waals surface area contributed by atoms with E-state index in [4.69, 9.17) is 4.42 Å². The van der Waals surface area contributed by atoms with Crippen LogP contribution in [0.1, 0.15) is 44.9 Å². The van der Waals surface area contributed by atoms with Crippen molar-refractivity contribution in [2.24, 2.45) is 0 Å². The molecule has 40 heavy (non-hydrogen) atoms. The van der Waals surface area contributed by atoms with Gasteiger partial charge in [0.2, 0.25) is 0 Å². The number of rotatable bonds is 12. The smallest absolute Gasteiger partial charge is 0.457 e. The molecule has 12 nitrogen and oxygen atoms in total. The number of nitrogens with one attached hydrogen (secondary N) is 2. The summed E-state index contributed by atoms with van der Waals surface area (Å²) in [7, 11) is 0. The highest BCUT2D eigenvalue weighted by Gasteiger charge is 2.31. The van der Waals surface area contributed by atoms with Crippen molar-refractivity contribution in [3.8, 4) is 5.75 Å². The Balaban J connectivity index is 1.02. The number of fused-ring (bicyclic) bond motifs is 2. The molecule has 4 aromatic heterocycles. The van der Waals surface area contributed by atoms with Crippen LogP contribution in [0, 0.1) is 0 Å². The number of nitrogens with zero attached hydrogens (tertiary/aromatic N) is 6. The first-order chi connectivity index (χ1) is 19.2. The van der Waals surface area contributed by atoms with Gasteiger partial charge in [-0.3, -0.25) is 19.0 Å². The summed E-state index contributed by atoms with van der Waals surface area (Å²) in [6.45, 7) is 1.33. The van der Waals surface area contributed by atoms with E-state index in [0.717, 1.165) is 16.7 Å². The predicted octanol–water partition coefficient (Wildman–Crippen LogP) is 3.29. The van der Waals surface area contributed by atoms with Gasteiger partial charge in [0.15, 0.2) is 11.4 Å². The molecule has 4 heterocycles. The first-order valence-electron chi connectivity index (χ1n) is 12.2. The largest absolute Gasteiger partial charge is 0.573 e. The minimum Gasteiger partial charge on any atom is -0.457 e. The highest BCUT2D eigenvalue weighted by atomic mass is 19.4. The van der Waals surface area contributed by atoms with Gasteiger partial charge in [-0.2, -0.15) is 0 Å². The van der Waals surface area contributed by atoms with Crippen molar-refractivity contribution in [3.63, 3.8) is 0 Å². The van der Waals surface area contributed by atoms with E-state index in [1.165, 1.54) is 29.1 Å². The summed E-state index contributed by atoms with van der Waals surface area (Å²) in [6, 6.07) is 10.9.